The average molecular weight is 271 g/mol. The minimum atomic E-state index is -0.369. The lowest BCUT2D eigenvalue weighted by Crippen LogP contribution is -2.43. The Morgan fingerprint density at radius 2 is 2.26 bits per heavy atom. The number of carbonyl (C=O) groups excluding carboxylic acids is 1. The summed E-state index contributed by atoms with van der Waals surface area (Å²) >= 11 is 0. The fraction of sp³-hybridized carbons (Fsp3) is 0.929. The topological polar surface area (TPSA) is 67.6 Å². The van der Waals surface area contributed by atoms with E-state index < -0.39 is 0 Å². The van der Waals surface area contributed by atoms with Crippen LogP contribution in [-0.4, -0.2) is 56.7 Å². The van der Waals surface area contributed by atoms with Gasteiger partial charge in [0.15, 0.2) is 0 Å². The van der Waals surface area contributed by atoms with E-state index in [9.17, 15) is 4.79 Å². The molecular weight excluding hydrogens is 242 g/mol. The molecule has 5 heteroatoms. The average Bonchev–Trinajstić information content (AvgIpc) is 2.80. The van der Waals surface area contributed by atoms with Crippen molar-refractivity contribution in [1.29, 1.82) is 0 Å². The molecule has 19 heavy (non-hydrogen) atoms. The summed E-state index contributed by atoms with van der Waals surface area (Å²) in [7, 11) is 1.73. The van der Waals surface area contributed by atoms with Gasteiger partial charge in [0.25, 0.3) is 0 Å². The Labute approximate surface area is 116 Å². The zero-order valence-corrected chi connectivity index (χ0v) is 12.5. The largest absolute Gasteiger partial charge is 0.383 e. The Balaban J connectivity index is 2.17. The van der Waals surface area contributed by atoms with Gasteiger partial charge in [-0.15, -0.1) is 0 Å². The van der Waals surface area contributed by atoms with E-state index in [1.165, 1.54) is 0 Å². The van der Waals surface area contributed by atoms with Crippen LogP contribution in [0.5, 0.6) is 0 Å². The first-order valence-electron chi connectivity index (χ1n) is 7.27. The first-order chi connectivity index (χ1) is 9.02. The van der Waals surface area contributed by atoms with Crippen LogP contribution in [-0.2, 0) is 9.53 Å². The van der Waals surface area contributed by atoms with Gasteiger partial charge >= 0.3 is 0 Å². The summed E-state index contributed by atoms with van der Waals surface area (Å²) in [6, 6.07) is -0.369. The third kappa shape index (κ3) is 6.36. The van der Waals surface area contributed by atoms with Gasteiger partial charge in [-0.25, -0.2) is 0 Å². The lowest BCUT2D eigenvalue weighted by Gasteiger charge is -2.17. The molecular formula is C14H29N3O2. The molecule has 1 unspecified atom stereocenters. The molecule has 2 atom stereocenters. The second-order valence-corrected chi connectivity index (χ2v) is 5.93. The number of nitrogens with one attached hydrogen (secondary N) is 1. The second kappa shape index (κ2) is 8.51. The van der Waals surface area contributed by atoms with Crippen molar-refractivity contribution in [2.45, 2.75) is 32.7 Å². The van der Waals surface area contributed by atoms with Crippen molar-refractivity contribution in [1.82, 2.24) is 10.2 Å². The van der Waals surface area contributed by atoms with Crippen molar-refractivity contribution < 1.29 is 9.53 Å². The third-order valence-corrected chi connectivity index (χ3v) is 3.61. The van der Waals surface area contributed by atoms with Gasteiger partial charge in [-0.05, 0) is 31.2 Å². The molecule has 0 aromatic carbocycles. The summed E-state index contributed by atoms with van der Waals surface area (Å²) < 4.78 is 5.08. The molecule has 5 nitrogen and oxygen atoms in total. The molecule has 1 rings (SSSR count). The van der Waals surface area contributed by atoms with E-state index in [4.69, 9.17) is 10.5 Å². The number of nitrogens with zero attached hydrogens (tertiary/aromatic N) is 1. The standard InChI is InChI=1S/C14H29N3O2/c1-11(2)8-13(15)14(18)16-9-12-4-5-17(10-12)6-7-19-3/h11-13H,4-10,15H2,1-3H3,(H,16,18)/t12?,13-/m0/s1. The van der Waals surface area contributed by atoms with E-state index in [0.717, 1.165) is 45.6 Å². The lowest BCUT2D eigenvalue weighted by atomic mass is 10.0. The summed E-state index contributed by atoms with van der Waals surface area (Å²) in [4.78, 5) is 14.2. The van der Waals surface area contributed by atoms with Gasteiger partial charge in [0.2, 0.25) is 5.91 Å². The molecule has 1 fully saturated rings. The zero-order valence-electron chi connectivity index (χ0n) is 12.5. The van der Waals surface area contributed by atoms with Gasteiger partial charge < -0.3 is 20.7 Å². The molecule has 1 aliphatic rings. The monoisotopic (exact) mass is 271 g/mol. The quantitative estimate of drug-likeness (QED) is 0.672. The second-order valence-electron chi connectivity index (χ2n) is 5.93. The van der Waals surface area contributed by atoms with E-state index >= 15 is 0 Å². The normalized spacial score (nSPS) is 21.8. The Hall–Kier alpha value is -0.650. The molecule has 0 spiro atoms. The van der Waals surface area contributed by atoms with Crippen molar-refractivity contribution >= 4 is 5.91 Å². The van der Waals surface area contributed by atoms with Gasteiger partial charge in [-0.1, -0.05) is 13.8 Å². The third-order valence-electron chi connectivity index (χ3n) is 3.61. The molecule has 0 aromatic rings. The van der Waals surface area contributed by atoms with E-state index in [1.807, 2.05) is 0 Å². The van der Waals surface area contributed by atoms with Crippen molar-refractivity contribution in [3.8, 4) is 0 Å². The van der Waals surface area contributed by atoms with Crippen LogP contribution >= 0.6 is 0 Å². The van der Waals surface area contributed by atoms with Gasteiger partial charge in [-0.3, -0.25) is 4.79 Å². The Morgan fingerprint density at radius 1 is 1.53 bits per heavy atom. The predicted molar refractivity (Wildman–Crippen MR) is 76.9 cm³/mol. The van der Waals surface area contributed by atoms with Crippen LogP contribution in [0.1, 0.15) is 26.7 Å². The van der Waals surface area contributed by atoms with E-state index in [1.54, 1.807) is 7.11 Å². The van der Waals surface area contributed by atoms with Crippen LogP contribution in [0.2, 0.25) is 0 Å². The number of likely N-dealkylation sites (tertiary alicyclic amines) is 1. The first kappa shape index (κ1) is 16.4. The van der Waals surface area contributed by atoms with Crippen LogP contribution < -0.4 is 11.1 Å². The van der Waals surface area contributed by atoms with Crippen LogP contribution in [0.25, 0.3) is 0 Å². The van der Waals surface area contributed by atoms with Gasteiger partial charge in [-0.2, -0.15) is 0 Å². The number of hydrogen-bond acceptors (Lipinski definition) is 4. The van der Waals surface area contributed by atoms with Crippen molar-refractivity contribution in [3.05, 3.63) is 0 Å². The molecule has 112 valence electrons. The predicted octanol–water partition coefficient (Wildman–Crippen LogP) is 0.444. The molecule has 3 N–H and O–H groups in total. The maximum Gasteiger partial charge on any atom is 0.236 e. The summed E-state index contributed by atoms with van der Waals surface area (Å²) in [6.07, 6.45) is 1.89. The van der Waals surface area contributed by atoms with Gasteiger partial charge in [0.1, 0.15) is 0 Å². The fourth-order valence-corrected chi connectivity index (χ4v) is 2.49. The number of hydrogen-bond donors (Lipinski definition) is 2. The number of ether oxygens (including phenoxy) is 1. The molecule has 1 heterocycles. The molecule has 1 aliphatic heterocycles. The number of methoxy groups -OCH3 is 1. The summed E-state index contributed by atoms with van der Waals surface area (Å²) in [5, 5.41) is 2.98. The summed E-state index contributed by atoms with van der Waals surface area (Å²) in [5.41, 5.74) is 5.86. The van der Waals surface area contributed by atoms with Crippen LogP contribution in [0.4, 0.5) is 0 Å². The maximum atomic E-state index is 11.8. The summed E-state index contributed by atoms with van der Waals surface area (Å²) in [5.74, 6) is 0.993. The van der Waals surface area contributed by atoms with Crippen LogP contribution in [0.3, 0.4) is 0 Å². The molecule has 0 radical (unpaired) electrons. The number of rotatable bonds is 8. The summed E-state index contributed by atoms with van der Waals surface area (Å²) in [6.45, 7) is 8.81. The molecule has 0 saturated carbocycles. The van der Waals surface area contributed by atoms with Crippen molar-refractivity contribution in [3.63, 3.8) is 0 Å². The van der Waals surface area contributed by atoms with E-state index in [2.05, 4.69) is 24.1 Å². The highest BCUT2D eigenvalue weighted by Gasteiger charge is 2.23. The lowest BCUT2D eigenvalue weighted by molar-refractivity contribution is -0.122. The van der Waals surface area contributed by atoms with Gasteiger partial charge in [0.05, 0.1) is 12.6 Å². The highest BCUT2D eigenvalue weighted by molar-refractivity contribution is 5.81. The van der Waals surface area contributed by atoms with Crippen LogP contribution in [0.15, 0.2) is 0 Å². The molecule has 1 amide bonds. The minimum absolute atomic E-state index is 0.0101. The van der Waals surface area contributed by atoms with Gasteiger partial charge in [0, 0.05) is 26.7 Å². The molecule has 0 aromatic heterocycles. The highest BCUT2D eigenvalue weighted by atomic mass is 16.5. The molecule has 1 saturated heterocycles. The number of amides is 1. The number of nitrogens with two attached hydrogens (primary N) is 1. The smallest absolute Gasteiger partial charge is 0.236 e. The van der Waals surface area contributed by atoms with E-state index in [0.29, 0.717) is 11.8 Å². The fourth-order valence-electron chi connectivity index (χ4n) is 2.49. The van der Waals surface area contributed by atoms with Crippen molar-refractivity contribution in [2.24, 2.45) is 17.6 Å². The van der Waals surface area contributed by atoms with E-state index in [-0.39, 0.29) is 11.9 Å². The Bertz CT molecular complexity index is 271. The van der Waals surface area contributed by atoms with Crippen molar-refractivity contribution in [2.75, 3.05) is 39.9 Å². The maximum absolute atomic E-state index is 11.8. The Kier molecular flexibility index (Phi) is 7.34. The van der Waals surface area contributed by atoms with Crippen LogP contribution in [0, 0.1) is 11.8 Å². The molecule has 0 bridgehead atoms. The first-order valence-corrected chi connectivity index (χ1v) is 7.27. The number of carbonyl (C=O) groups is 1. The SMILES string of the molecule is COCCN1CCC(CNC(=O)[C@@H](N)CC(C)C)C1. The minimum Gasteiger partial charge on any atom is -0.383 e. The zero-order chi connectivity index (χ0) is 14.3. The Morgan fingerprint density at radius 3 is 2.89 bits per heavy atom. The highest BCUT2D eigenvalue weighted by Crippen LogP contribution is 2.14. The molecule has 0 aliphatic carbocycles.